The number of methoxy groups -OCH3 is 1. The molecule has 0 unspecified atom stereocenters. The number of carboxylic acid groups (broad SMARTS) is 1. The van der Waals surface area contributed by atoms with Crippen molar-refractivity contribution < 1.29 is 24.2 Å². The first-order valence-corrected chi connectivity index (χ1v) is 16.3. The standard InChI is InChI=1S/C18H20N2OS.C10H11NO2S.C9H9NO2S/c1-13-5-7-14(8-6-13)9-10-20-18(21)16-4-2-3-15(11-16)12-17(19)22;1-13-10(12)8-4-2-3-7(5-8)6-9(11)14;10-8(13)5-6-2-1-3-7(4-6)9(11)12/h2-8,11H,9-10,12H2,1H3,(H2,19,22)(H,20,21);2-5H,6H2,1H3,(H2,11,14);1-4H,5H2,(H2,10,13)(H,11,12). The number of aromatic carboxylic acids is 1. The van der Waals surface area contributed by atoms with Gasteiger partial charge in [0.2, 0.25) is 0 Å². The van der Waals surface area contributed by atoms with Crippen LogP contribution in [0.5, 0.6) is 0 Å². The molecule has 256 valence electrons. The Morgan fingerprint density at radius 2 is 1.08 bits per heavy atom. The van der Waals surface area contributed by atoms with Gasteiger partial charge >= 0.3 is 11.9 Å². The molecular weight excluding hydrogens is 677 g/mol. The molecule has 0 atom stereocenters. The van der Waals surface area contributed by atoms with Gasteiger partial charge in [0.1, 0.15) is 0 Å². The highest BCUT2D eigenvalue weighted by molar-refractivity contribution is 7.80. The smallest absolute Gasteiger partial charge is 0.337 e. The Hall–Kier alpha value is -5.04. The zero-order chi connectivity index (χ0) is 36.3. The minimum Gasteiger partial charge on any atom is -0.478 e. The van der Waals surface area contributed by atoms with Crippen LogP contribution in [0, 0.1) is 6.92 Å². The summed E-state index contributed by atoms with van der Waals surface area (Å²) in [4.78, 5) is 35.1. The number of aryl methyl sites for hydroxylation is 1. The van der Waals surface area contributed by atoms with Crippen LogP contribution in [-0.2, 0) is 30.4 Å². The average molecular weight is 717 g/mol. The highest BCUT2D eigenvalue weighted by Crippen LogP contribution is 2.09. The van der Waals surface area contributed by atoms with Crippen molar-refractivity contribution in [2.45, 2.75) is 32.6 Å². The van der Waals surface area contributed by atoms with Crippen molar-refractivity contribution in [1.82, 2.24) is 5.32 Å². The lowest BCUT2D eigenvalue weighted by Gasteiger charge is -2.07. The van der Waals surface area contributed by atoms with Gasteiger partial charge in [-0.1, -0.05) is 103 Å². The number of benzene rings is 4. The monoisotopic (exact) mass is 716 g/mol. The fraction of sp³-hybridized carbons (Fsp3) is 0.189. The number of carbonyl (C=O) groups is 3. The van der Waals surface area contributed by atoms with E-state index in [4.69, 9.17) is 59.0 Å². The van der Waals surface area contributed by atoms with E-state index >= 15 is 0 Å². The van der Waals surface area contributed by atoms with Gasteiger partial charge in [-0.05, 0) is 72.0 Å². The molecule has 4 aromatic carbocycles. The molecule has 4 rings (SSSR count). The van der Waals surface area contributed by atoms with Gasteiger partial charge in [-0.2, -0.15) is 0 Å². The molecule has 1 amide bonds. The van der Waals surface area contributed by atoms with E-state index in [9.17, 15) is 14.4 Å². The zero-order valence-corrected chi connectivity index (χ0v) is 29.8. The van der Waals surface area contributed by atoms with E-state index in [1.165, 1.54) is 24.3 Å². The molecule has 0 aromatic heterocycles. The van der Waals surface area contributed by atoms with Gasteiger partial charge in [0.25, 0.3) is 5.91 Å². The number of hydrogen-bond acceptors (Lipinski definition) is 7. The number of esters is 1. The molecule has 0 aliphatic carbocycles. The van der Waals surface area contributed by atoms with Crippen molar-refractivity contribution in [2.24, 2.45) is 17.2 Å². The maximum absolute atomic E-state index is 12.2. The largest absolute Gasteiger partial charge is 0.478 e. The number of carboxylic acids is 1. The predicted octanol–water partition coefficient (Wildman–Crippen LogP) is 5.31. The third kappa shape index (κ3) is 16.1. The van der Waals surface area contributed by atoms with Gasteiger partial charge < -0.3 is 32.4 Å². The van der Waals surface area contributed by atoms with Crippen molar-refractivity contribution in [2.75, 3.05) is 13.7 Å². The van der Waals surface area contributed by atoms with Crippen LogP contribution in [0.15, 0.2) is 97.1 Å². The summed E-state index contributed by atoms with van der Waals surface area (Å²) in [6.45, 7) is 2.67. The number of nitrogens with two attached hydrogens (primary N) is 3. The summed E-state index contributed by atoms with van der Waals surface area (Å²) in [6.07, 6.45) is 2.27. The highest BCUT2D eigenvalue weighted by Gasteiger charge is 2.07. The summed E-state index contributed by atoms with van der Waals surface area (Å²) in [7, 11) is 1.35. The average Bonchev–Trinajstić information content (AvgIpc) is 3.05. The number of carbonyl (C=O) groups excluding carboxylic acids is 2. The topological polar surface area (TPSA) is 171 Å². The molecule has 0 fully saturated rings. The summed E-state index contributed by atoms with van der Waals surface area (Å²) in [5, 5.41) is 11.6. The van der Waals surface area contributed by atoms with Gasteiger partial charge in [-0.15, -0.1) is 0 Å². The van der Waals surface area contributed by atoms with E-state index in [1.807, 2.05) is 24.3 Å². The third-order valence-electron chi connectivity index (χ3n) is 6.67. The maximum atomic E-state index is 12.2. The number of thiocarbonyl (C=S) groups is 3. The van der Waals surface area contributed by atoms with Crippen LogP contribution in [0.4, 0.5) is 0 Å². The summed E-state index contributed by atoms with van der Waals surface area (Å²) in [5.74, 6) is -1.36. The molecule has 9 nitrogen and oxygen atoms in total. The molecule has 0 bridgehead atoms. The van der Waals surface area contributed by atoms with E-state index in [0.29, 0.717) is 51.9 Å². The minimum atomic E-state index is -0.940. The molecule has 0 aliphatic rings. The van der Waals surface area contributed by atoms with Crippen molar-refractivity contribution in [3.05, 3.63) is 142 Å². The van der Waals surface area contributed by atoms with E-state index in [1.54, 1.807) is 42.5 Å². The zero-order valence-electron chi connectivity index (χ0n) is 27.3. The van der Waals surface area contributed by atoms with Crippen LogP contribution < -0.4 is 22.5 Å². The van der Waals surface area contributed by atoms with E-state index < -0.39 is 5.97 Å². The Bertz CT molecular complexity index is 1780. The lowest BCUT2D eigenvalue weighted by atomic mass is 10.1. The second kappa shape index (κ2) is 21.0. The summed E-state index contributed by atoms with van der Waals surface area (Å²) < 4.78 is 4.59. The highest BCUT2D eigenvalue weighted by atomic mass is 32.1. The molecule has 0 saturated heterocycles. The fourth-order valence-electron chi connectivity index (χ4n) is 4.34. The summed E-state index contributed by atoms with van der Waals surface area (Å²) in [5.41, 5.74) is 22.8. The van der Waals surface area contributed by atoms with Crippen molar-refractivity contribution in [3.63, 3.8) is 0 Å². The molecule has 8 N–H and O–H groups in total. The molecular formula is C37H40N4O5S3. The molecule has 0 spiro atoms. The Morgan fingerprint density at radius 1 is 0.653 bits per heavy atom. The van der Waals surface area contributed by atoms with Crippen LogP contribution in [0.2, 0.25) is 0 Å². The molecule has 0 aliphatic heterocycles. The Kier molecular flexibility index (Phi) is 17.2. The number of rotatable bonds is 12. The number of ether oxygens (including phenoxy) is 1. The van der Waals surface area contributed by atoms with Gasteiger partial charge in [-0.3, -0.25) is 4.79 Å². The molecule has 4 aromatic rings. The van der Waals surface area contributed by atoms with Crippen molar-refractivity contribution >= 4 is 69.5 Å². The Balaban J connectivity index is 0.000000269. The lowest BCUT2D eigenvalue weighted by Crippen LogP contribution is -2.25. The summed E-state index contributed by atoms with van der Waals surface area (Å²) in [6, 6.07) is 29.4. The fourth-order valence-corrected chi connectivity index (χ4v) is 4.84. The maximum Gasteiger partial charge on any atom is 0.337 e. The molecule has 0 saturated carbocycles. The van der Waals surface area contributed by atoms with Crippen LogP contribution in [0.25, 0.3) is 0 Å². The molecule has 49 heavy (non-hydrogen) atoms. The van der Waals surface area contributed by atoms with Gasteiger partial charge in [0.15, 0.2) is 0 Å². The van der Waals surface area contributed by atoms with Crippen LogP contribution in [0.3, 0.4) is 0 Å². The number of nitrogens with one attached hydrogen (secondary N) is 1. The normalized spacial score (nSPS) is 9.84. The first-order chi connectivity index (χ1) is 23.3. The summed E-state index contributed by atoms with van der Waals surface area (Å²) >= 11 is 14.4. The van der Waals surface area contributed by atoms with Crippen molar-refractivity contribution in [1.29, 1.82) is 0 Å². The van der Waals surface area contributed by atoms with Gasteiger partial charge in [-0.25, -0.2) is 9.59 Å². The van der Waals surface area contributed by atoms with Crippen LogP contribution in [0.1, 0.15) is 58.9 Å². The quantitative estimate of drug-likeness (QED) is 0.0951. The third-order valence-corrected chi connectivity index (χ3v) is 7.10. The molecule has 12 heteroatoms. The number of amides is 1. The van der Waals surface area contributed by atoms with Gasteiger partial charge in [0.05, 0.1) is 33.2 Å². The first kappa shape index (κ1) is 40.1. The molecule has 0 heterocycles. The van der Waals surface area contributed by atoms with Gasteiger partial charge in [0, 0.05) is 31.4 Å². The van der Waals surface area contributed by atoms with E-state index in [-0.39, 0.29) is 17.4 Å². The van der Waals surface area contributed by atoms with Crippen LogP contribution >= 0.6 is 36.7 Å². The molecule has 0 radical (unpaired) electrons. The predicted molar refractivity (Wildman–Crippen MR) is 206 cm³/mol. The number of hydrogen-bond donors (Lipinski definition) is 5. The van der Waals surface area contributed by atoms with Crippen LogP contribution in [-0.4, -0.2) is 51.6 Å². The minimum absolute atomic E-state index is 0.0723. The lowest BCUT2D eigenvalue weighted by molar-refractivity contribution is 0.0599. The second-order valence-corrected chi connectivity index (χ2v) is 12.4. The second-order valence-electron chi connectivity index (χ2n) is 10.8. The SMILES string of the molecule is COC(=O)c1cccc(CC(N)=S)c1.Cc1ccc(CCNC(=O)c2cccc(CC(N)=S)c2)cc1.NC(=S)Cc1cccc(C(=O)O)c1. The Labute approximate surface area is 302 Å². The van der Waals surface area contributed by atoms with Crippen molar-refractivity contribution in [3.8, 4) is 0 Å². The first-order valence-electron chi connectivity index (χ1n) is 15.0. The van der Waals surface area contributed by atoms with E-state index in [2.05, 4.69) is 41.2 Å². The van der Waals surface area contributed by atoms with E-state index in [0.717, 1.165) is 23.1 Å². The Morgan fingerprint density at radius 3 is 1.53 bits per heavy atom.